The first-order chi connectivity index (χ1) is 19.8. The zero-order chi connectivity index (χ0) is 28.5. The normalized spacial score (nSPS) is 21.5. The van der Waals surface area contributed by atoms with E-state index in [9.17, 15) is 24.5 Å². The lowest BCUT2D eigenvalue weighted by atomic mass is 9.63. The average Bonchev–Trinajstić information content (AvgIpc) is 3.43. The molecule has 4 aromatic carbocycles. The van der Waals surface area contributed by atoms with Crippen molar-refractivity contribution in [1.29, 1.82) is 0 Å². The molecule has 1 fully saturated rings. The number of fused-ring (bicyclic) bond motifs is 5. The number of Topliss-reactive ketones (excluding diaryl/α,β-unsaturated/α-hetero) is 3. The third-order valence-electron chi connectivity index (χ3n) is 8.41. The van der Waals surface area contributed by atoms with Gasteiger partial charge in [0.15, 0.2) is 17.3 Å². The largest absolute Gasteiger partial charge is 0.293 e. The molecule has 0 amide bonds. The number of non-ortho nitro benzene ring substituents is 1. The summed E-state index contributed by atoms with van der Waals surface area (Å²) < 4.78 is 0. The van der Waals surface area contributed by atoms with Gasteiger partial charge in [-0.05, 0) is 41.0 Å². The second-order valence-corrected chi connectivity index (χ2v) is 10.8. The topological polar surface area (TPSA) is 110 Å². The Hall–Kier alpha value is -4.95. The first-order valence-corrected chi connectivity index (χ1v) is 13.4. The predicted octanol–water partition coefficient (Wildman–Crippen LogP) is 6.05. The Morgan fingerprint density at radius 1 is 0.878 bits per heavy atom. The second kappa shape index (κ2) is 9.04. The van der Waals surface area contributed by atoms with E-state index in [1.807, 2.05) is 24.3 Å². The van der Waals surface area contributed by atoms with Gasteiger partial charge < -0.3 is 0 Å². The van der Waals surface area contributed by atoms with Gasteiger partial charge in [-0.1, -0.05) is 72.3 Å². The number of benzene rings is 4. The minimum Gasteiger partial charge on any atom is -0.293 e. The van der Waals surface area contributed by atoms with Crippen molar-refractivity contribution in [2.75, 3.05) is 0 Å². The molecule has 2 aliphatic heterocycles. The number of nitrogens with zero attached hydrogens (tertiary/aromatic N) is 3. The molecule has 9 heteroatoms. The maximum Gasteiger partial charge on any atom is 0.269 e. The highest BCUT2D eigenvalue weighted by molar-refractivity contribution is 6.32. The molecular formula is C32H20ClN3O5. The average molecular weight is 562 g/mol. The number of hydrogen-bond donors (Lipinski definition) is 0. The Morgan fingerprint density at radius 3 is 2.22 bits per heavy atom. The Labute approximate surface area is 239 Å². The summed E-state index contributed by atoms with van der Waals surface area (Å²) in [6.07, 6.45) is 1.62. The molecule has 8 nitrogen and oxygen atoms in total. The van der Waals surface area contributed by atoms with Crippen LogP contribution in [0.15, 0.2) is 102 Å². The zero-order valence-electron chi connectivity index (χ0n) is 21.3. The number of nitro benzene ring substituents is 1. The third-order valence-corrected chi connectivity index (χ3v) is 8.67. The summed E-state index contributed by atoms with van der Waals surface area (Å²) in [5, 5.41) is 18.5. The van der Waals surface area contributed by atoms with Crippen molar-refractivity contribution >= 4 is 40.9 Å². The Balaban J connectivity index is 1.56. The molecule has 1 saturated heterocycles. The molecule has 3 atom stereocenters. The quantitative estimate of drug-likeness (QED) is 0.130. The van der Waals surface area contributed by atoms with E-state index < -0.39 is 39.9 Å². The molecule has 2 heterocycles. The molecule has 200 valence electrons. The van der Waals surface area contributed by atoms with E-state index in [1.54, 1.807) is 65.8 Å². The molecule has 0 aromatic heterocycles. The number of carbonyl (C=O) groups is 3. The predicted molar refractivity (Wildman–Crippen MR) is 152 cm³/mol. The lowest BCUT2D eigenvalue weighted by molar-refractivity contribution is -0.384. The minimum atomic E-state index is -1.81. The Morgan fingerprint density at radius 2 is 1.54 bits per heavy atom. The second-order valence-electron chi connectivity index (χ2n) is 10.4. The number of hydrogen-bond acceptors (Lipinski definition) is 7. The van der Waals surface area contributed by atoms with Gasteiger partial charge in [-0.2, -0.15) is 5.10 Å². The summed E-state index contributed by atoms with van der Waals surface area (Å²) >= 11 is 6.10. The molecule has 3 aliphatic rings. The lowest BCUT2D eigenvalue weighted by Gasteiger charge is -2.36. The zero-order valence-corrected chi connectivity index (χ0v) is 22.1. The highest BCUT2D eigenvalue weighted by Gasteiger charge is 2.72. The summed E-state index contributed by atoms with van der Waals surface area (Å²) in [7, 11) is 0. The van der Waals surface area contributed by atoms with Crippen molar-refractivity contribution < 1.29 is 19.3 Å². The minimum absolute atomic E-state index is 0.209. The molecule has 1 aliphatic carbocycles. The van der Waals surface area contributed by atoms with Crippen molar-refractivity contribution in [1.82, 2.24) is 5.01 Å². The Kier molecular flexibility index (Phi) is 5.52. The molecule has 0 saturated carbocycles. The van der Waals surface area contributed by atoms with E-state index in [1.165, 1.54) is 18.2 Å². The van der Waals surface area contributed by atoms with E-state index in [0.29, 0.717) is 21.7 Å². The monoisotopic (exact) mass is 561 g/mol. The van der Waals surface area contributed by atoms with Crippen LogP contribution in [0.2, 0.25) is 5.02 Å². The summed E-state index contributed by atoms with van der Waals surface area (Å²) in [6.45, 7) is 0. The molecule has 0 N–H and O–H groups in total. The van der Waals surface area contributed by atoms with Crippen LogP contribution in [0, 0.1) is 15.5 Å². The van der Waals surface area contributed by atoms with E-state index in [0.717, 1.165) is 5.56 Å². The summed E-state index contributed by atoms with van der Waals surface area (Å²) in [4.78, 5) is 55.1. The van der Waals surface area contributed by atoms with Crippen LogP contribution in [-0.4, -0.2) is 39.5 Å². The highest BCUT2D eigenvalue weighted by atomic mass is 35.5. The van der Waals surface area contributed by atoms with Crippen molar-refractivity contribution in [3.05, 3.63) is 146 Å². The first-order valence-electron chi connectivity index (χ1n) is 13.0. The van der Waals surface area contributed by atoms with Gasteiger partial charge in [0.05, 0.1) is 17.2 Å². The van der Waals surface area contributed by atoms with Crippen LogP contribution in [0.5, 0.6) is 0 Å². The molecule has 0 bridgehead atoms. The van der Waals surface area contributed by atoms with Gasteiger partial charge in [-0.25, -0.2) is 0 Å². The smallest absolute Gasteiger partial charge is 0.269 e. The first kappa shape index (κ1) is 25.0. The molecule has 1 spiro atoms. The van der Waals surface area contributed by atoms with Crippen molar-refractivity contribution in [2.24, 2.45) is 10.5 Å². The van der Waals surface area contributed by atoms with Crippen LogP contribution in [0.25, 0.3) is 0 Å². The van der Waals surface area contributed by atoms with E-state index in [-0.39, 0.29) is 22.6 Å². The third kappa shape index (κ3) is 3.40. The van der Waals surface area contributed by atoms with Crippen LogP contribution in [-0.2, 0) is 0 Å². The SMILES string of the molecule is O=C(c1ccc(Cl)cc1)C1C(c2cccc([N+](=O)[O-])c2)C2(C(=O)c3ccccc3C2=O)C2c3ccccc3C=NN12. The van der Waals surface area contributed by atoms with E-state index >= 15 is 0 Å². The van der Waals surface area contributed by atoms with Gasteiger partial charge >= 0.3 is 0 Å². The number of rotatable bonds is 4. The van der Waals surface area contributed by atoms with Gasteiger partial charge in [0.2, 0.25) is 0 Å². The summed E-state index contributed by atoms with van der Waals surface area (Å²) in [5.74, 6) is -2.33. The fourth-order valence-corrected chi connectivity index (χ4v) is 6.89. The van der Waals surface area contributed by atoms with Crippen molar-refractivity contribution in [2.45, 2.75) is 18.0 Å². The maximum absolute atomic E-state index is 14.7. The van der Waals surface area contributed by atoms with Gasteiger partial charge in [-0.3, -0.25) is 29.5 Å². The summed E-state index contributed by atoms with van der Waals surface area (Å²) in [5.41, 5.74) is 0.567. The molecule has 7 rings (SSSR count). The van der Waals surface area contributed by atoms with Crippen molar-refractivity contribution in [3.63, 3.8) is 0 Å². The molecule has 0 radical (unpaired) electrons. The van der Waals surface area contributed by atoms with Gasteiger partial charge in [0.1, 0.15) is 11.5 Å². The maximum atomic E-state index is 14.7. The van der Waals surface area contributed by atoms with Gasteiger partial charge in [0, 0.05) is 39.8 Å². The van der Waals surface area contributed by atoms with Crippen LogP contribution in [0.3, 0.4) is 0 Å². The van der Waals surface area contributed by atoms with Gasteiger partial charge in [0.25, 0.3) is 5.69 Å². The molecule has 3 unspecified atom stereocenters. The van der Waals surface area contributed by atoms with E-state index in [2.05, 4.69) is 5.10 Å². The fourth-order valence-electron chi connectivity index (χ4n) is 6.77. The molecule has 4 aromatic rings. The Bertz CT molecular complexity index is 1800. The van der Waals surface area contributed by atoms with Crippen LogP contribution < -0.4 is 0 Å². The standard InChI is InChI=1S/C32H20ClN3O5/c33-21-14-12-18(13-15-21)28(37)27-26(19-7-5-8-22(16-19)36(40)41)32(30(38)24-10-3-4-11-25(24)31(32)39)29-23-9-2-1-6-20(23)17-34-35(27)29/h1-17,26-27,29H. The van der Waals surface area contributed by atoms with Crippen LogP contribution in [0.4, 0.5) is 5.69 Å². The van der Waals surface area contributed by atoms with Crippen LogP contribution >= 0.6 is 11.6 Å². The number of halogens is 1. The summed E-state index contributed by atoms with van der Waals surface area (Å²) in [6, 6.07) is 24.1. The van der Waals surface area contributed by atoms with Crippen molar-refractivity contribution in [3.8, 4) is 0 Å². The molecular weight excluding hydrogens is 542 g/mol. The fraction of sp³-hybridized carbons (Fsp3) is 0.125. The lowest BCUT2D eigenvalue weighted by Crippen LogP contribution is -2.43. The molecule has 41 heavy (non-hydrogen) atoms. The van der Waals surface area contributed by atoms with Crippen LogP contribution in [0.1, 0.15) is 59.7 Å². The van der Waals surface area contributed by atoms with Gasteiger partial charge in [-0.15, -0.1) is 0 Å². The number of hydrazone groups is 1. The number of nitro groups is 1. The highest BCUT2D eigenvalue weighted by Crippen LogP contribution is 2.64. The number of carbonyl (C=O) groups excluding carboxylic acids is 3. The van der Waals surface area contributed by atoms with E-state index in [4.69, 9.17) is 11.6 Å². The number of ketones is 3.